The van der Waals surface area contributed by atoms with Crippen LogP contribution in [-0.4, -0.2) is 24.5 Å². The van der Waals surface area contributed by atoms with Gasteiger partial charge in [-0.15, -0.1) is 0 Å². The Bertz CT molecular complexity index is 747. The maximum atomic E-state index is 13.0. The van der Waals surface area contributed by atoms with E-state index in [4.69, 9.17) is 0 Å². The largest absolute Gasteiger partial charge is 0.259 e. The predicted octanol–water partition coefficient (Wildman–Crippen LogP) is 3.11. The fraction of sp³-hybridized carbons (Fsp3) is 0.214. The Hall–Kier alpha value is -2.02. The number of halogens is 2. The van der Waals surface area contributed by atoms with Gasteiger partial charge in [0.05, 0.1) is 30.3 Å². The van der Waals surface area contributed by atoms with Gasteiger partial charge in [0.25, 0.3) is 0 Å². The number of pyridine rings is 1. The summed E-state index contributed by atoms with van der Waals surface area (Å²) in [6, 6.07) is 4.90. The lowest BCUT2D eigenvalue weighted by atomic mass is 10.2. The molecule has 108 valence electrons. The molecule has 0 aliphatic rings. The van der Waals surface area contributed by atoms with Crippen LogP contribution >= 0.6 is 15.9 Å². The van der Waals surface area contributed by atoms with Crippen LogP contribution in [0.5, 0.6) is 0 Å². The molecule has 0 atom stereocenters. The van der Waals surface area contributed by atoms with Crippen LogP contribution in [0.2, 0.25) is 0 Å². The van der Waals surface area contributed by atoms with Gasteiger partial charge in [0.1, 0.15) is 10.4 Å². The van der Waals surface area contributed by atoms with E-state index in [9.17, 15) is 4.39 Å². The van der Waals surface area contributed by atoms with Crippen molar-refractivity contribution in [3.63, 3.8) is 0 Å². The van der Waals surface area contributed by atoms with Crippen LogP contribution in [0.1, 0.15) is 12.5 Å². The first kappa shape index (κ1) is 13.9. The van der Waals surface area contributed by atoms with Crippen LogP contribution in [0.4, 0.5) is 4.39 Å². The van der Waals surface area contributed by atoms with Gasteiger partial charge in [0, 0.05) is 18.3 Å². The lowest BCUT2D eigenvalue weighted by Gasteiger charge is -2.06. The van der Waals surface area contributed by atoms with E-state index in [1.165, 1.54) is 12.3 Å². The molecule has 3 aromatic heterocycles. The Morgan fingerprint density at radius 1 is 1.14 bits per heavy atom. The van der Waals surface area contributed by atoms with Crippen LogP contribution < -0.4 is 0 Å². The number of aromatic nitrogens is 5. The third-order valence-corrected chi connectivity index (χ3v) is 4.09. The average molecular weight is 350 g/mol. The molecule has 3 aromatic rings. The van der Waals surface area contributed by atoms with E-state index in [1.807, 2.05) is 28.6 Å². The Labute approximate surface area is 129 Å². The summed E-state index contributed by atoms with van der Waals surface area (Å²) < 4.78 is 17.6. The minimum absolute atomic E-state index is 0.350. The van der Waals surface area contributed by atoms with Crippen molar-refractivity contribution in [3.05, 3.63) is 52.8 Å². The molecule has 21 heavy (non-hydrogen) atoms. The Kier molecular flexibility index (Phi) is 3.83. The minimum atomic E-state index is -0.350. The molecule has 0 fully saturated rings. The molecule has 3 heterocycles. The smallest absolute Gasteiger partial charge is 0.141 e. The number of nitrogens with zero attached hydrogens (tertiary/aromatic N) is 5. The maximum Gasteiger partial charge on any atom is 0.141 e. The molecule has 0 unspecified atom stereocenters. The summed E-state index contributed by atoms with van der Waals surface area (Å²) in [5.41, 5.74) is 2.56. The quantitative estimate of drug-likeness (QED) is 0.727. The second-order valence-corrected chi connectivity index (χ2v) is 5.26. The molecule has 5 nitrogen and oxygen atoms in total. The Morgan fingerprint density at radius 2 is 2.00 bits per heavy atom. The first-order chi connectivity index (χ1) is 10.2. The summed E-state index contributed by atoms with van der Waals surface area (Å²) in [4.78, 5) is 4.10. The monoisotopic (exact) mass is 349 g/mol. The molecule has 0 bridgehead atoms. The second-order valence-electron chi connectivity index (χ2n) is 4.51. The van der Waals surface area contributed by atoms with Crippen molar-refractivity contribution in [2.24, 2.45) is 0 Å². The molecule has 0 aliphatic heterocycles. The van der Waals surface area contributed by atoms with Crippen molar-refractivity contribution in [2.45, 2.75) is 20.0 Å². The summed E-state index contributed by atoms with van der Waals surface area (Å²) >= 11 is 3.54. The molecule has 0 aromatic carbocycles. The van der Waals surface area contributed by atoms with E-state index in [0.29, 0.717) is 12.2 Å². The molecule has 0 amide bonds. The molecule has 3 rings (SSSR count). The van der Waals surface area contributed by atoms with Crippen LogP contribution in [0.3, 0.4) is 0 Å². The molecular formula is C14H13BrFN5. The molecule has 0 saturated carbocycles. The fourth-order valence-corrected chi connectivity index (χ4v) is 2.67. The van der Waals surface area contributed by atoms with E-state index in [2.05, 4.69) is 31.1 Å². The van der Waals surface area contributed by atoms with Gasteiger partial charge >= 0.3 is 0 Å². The zero-order valence-corrected chi connectivity index (χ0v) is 13.0. The molecule has 0 radical (unpaired) electrons. The van der Waals surface area contributed by atoms with Gasteiger partial charge in [-0.3, -0.25) is 14.3 Å². The van der Waals surface area contributed by atoms with E-state index in [0.717, 1.165) is 22.4 Å². The number of aryl methyl sites for hydroxylation is 1. The topological polar surface area (TPSA) is 48.5 Å². The molecule has 7 heteroatoms. The molecule has 0 spiro atoms. The third kappa shape index (κ3) is 2.73. The van der Waals surface area contributed by atoms with Crippen LogP contribution in [0, 0.1) is 5.82 Å². The van der Waals surface area contributed by atoms with Gasteiger partial charge in [-0.05, 0) is 41.1 Å². The van der Waals surface area contributed by atoms with Gasteiger partial charge < -0.3 is 0 Å². The standard InChI is InChI=1S/C14H13BrFN5/c1-2-20-14(15)10(7-19-20)9-21-13(5-6-18-21)12-4-3-11(16)8-17-12/h3-8H,2,9H2,1H3. The molecule has 0 saturated heterocycles. The highest BCUT2D eigenvalue weighted by atomic mass is 79.9. The van der Waals surface area contributed by atoms with Crippen LogP contribution in [-0.2, 0) is 13.1 Å². The average Bonchev–Trinajstić information content (AvgIpc) is 3.08. The third-order valence-electron chi connectivity index (χ3n) is 3.17. The van der Waals surface area contributed by atoms with E-state index in [-0.39, 0.29) is 5.82 Å². The van der Waals surface area contributed by atoms with Gasteiger partial charge in [-0.2, -0.15) is 10.2 Å². The summed E-state index contributed by atoms with van der Waals surface area (Å²) in [6.45, 7) is 3.40. The first-order valence-electron chi connectivity index (χ1n) is 6.53. The highest BCUT2D eigenvalue weighted by Gasteiger charge is 2.12. The van der Waals surface area contributed by atoms with Gasteiger partial charge in [-0.25, -0.2) is 4.39 Å². The van der Waals surface area contributed by atoms with Crippen molar-refractivity contribution >= 4 is 15.9 Å². The zero-order chi connectivity index (χ0) is 14.8. The van der Waals surface area contributed by atoms with Crippen molar-refractivity contribution in [3.8, 4) is 11.4 Å². The van der Waals surface area contributed by atoms with E-state index >= 15 is 0 Å². The summed E-state index contributed by atoms with van der Waals surface area (Å²) in [7, 11) is 0. The summed E-state index contributed by atoms with van der Waals surface area (Å²) in [6.07, 6.45) is 4.73. The number of hydrogen-bond donors (Lipinski definition) is 0. The molecule has 0 N–H and O–H groups in total. The Balaban J connectivity index is 1.92. The van der Waals surface area contributed by atoms with Gasteiger partial charge in [0.15, 0.2) is 0 Å². The normalized spacial score (nSPS) is 11.0. The van der Waals surface area contributed by atoms with Crippen molar-refractivity contribution in [1.29, 1.82) is 0 Å². The van der Waals surface area contributed by atoms with Gasteiger partial charge in [-0.1, -0.05) is 0 Å². The van der Waals surface area contributed by atoms with Crippen molar-refractivity contribution in [1.82, 2.24) is 24.5 Å². The van der Waals surface area contributed by atoms with Crippen LogP contribution in [0.15, 0.2) is 41.4 Å². The van der Waals surface area contributed by atoms with E-state index in [1.54, 1.807) is 12.3 Å². The minimum Gasteiger partial charge on any atom is -0.259 e. The fourth-order valence-electron chi connectivity index (χ4n) is 2.10. The lowest BCUT2D eigenvalue weighted by Crippen LogP contribution is -2.05. The second kappa shape index (κ2) is 5.77. The SMILES string of the molecule is CCn1ncc(Cn2nccc2-c2ccc(F)cn2)c1Br. The molecule has 0 aliphatic carbocycles. The summed E-state index contributed by atoms with van der Waals surface area (Å²) in [5, 5.41) is 8.60. The van der Waals surface area contributed by atoms with Crippen molar-refractivity contribution < 1.29 is 4.39 Å². The Morgan fingerprint density at radius 3 is 2.67 bits per heavy atom. The van der Waals surface area contributed by atoms with E-state index < -0.39 is 0 Å². The lowest BCUT2D eigenvalue weighted by molar-refractivity contribution is 0.621. The number of rotatable bonds is 4. The van der Waals surface area contributed by atoms with Crippen LogP contribution in [0.25, 0.3) is 11.4 Å². The van der Waals surface area contributed by atoms with Crippen molar-refractivity contribution in [2.75, 3.05) is 0 Å². The highest BCUT2D eigenvalue weighted by molar-refractivity contribution is 9.10. The first-order valence-corrected chi connectivity index (χ1v) is 7.32. The molecular weight excluding hydrogens is 337 g/mol. The zero-order valence-electron chi connectivity index (χ0n) is 11.4. The highest BCUT2D eigenvalue weighted by Crippen LogP contribution is 2.21. The predicted molar refractivity (Wildman–Crippen MR) is 80.1 cm³/mol. The van der Waals surface area contributed by atoms with Gasteiger partial charge in [0.2, 0.25) is 0 Å². The number of hydrogen-bond acceptors (Lipinski definition) is 3. The summed E-state index contributed by atoms with van der Waals surface area (Å²) in [5.74, 6) is -0.350. The maximum absolute atomic E-state index is 13.0.